The largest absolute Gasteiger partial charge is 0.294 e. The Hall–Kier alpha value is -1.69. The predicted octanol–water partition coefficient (Wildman–Crippen LogP) is 2.21. The second-order valence-electron chi connectivity index (χ2n) is 2.79. The minimum atomic E-state index is -0.602. The van der Waals surface area contributed by atoms with Crippen LogP contribution in [-0.4, -0.2) is 5.78 Å². The number of hydrogen-bond donors (Lipinski definition) is 0. The van der Waals surface area contributed by atoms with Gasteiger partial charge in [0.2, 0.25) is 0 Å². The lowest BCUT2D eigenvalue weighted by atomic mass is 10.0. The van der Waals surface area contributed by atoms with E-state index in [0.717, 1.165) is 0 Å². The van der Waals surface area contributed by atoms with Crippen LogP contribution in [0.25, 0.3) is 0 Å². The van der Waals surface area contributed by atoms with Crippen molar-refractivity contribution in [2.75, 3.05) is 0 Å². The molecular formula is C10H8FNO. The molecule has 0 N–H and O–H groups in total. The van der Waals surface area contributed by atoms with Gasteiger partial charge >= 0.3 is 0 Å². The minimum absolute atomic E-state index is 0.144. The lowest BCUT2D eigenvalue weighted by Crippen LogP contribution is -2.00. The molecule has 1 aromatic rings. The van der Waals surface area contributed by atoms with Crippen LogP contribution in [0.3, 0.4) is 0 Å². The standard InChI is InChI=1S/C10H8FNO/c1-6-3-4-8(7(2)13)9(5-12)10(6)11/h3-4H,1-2H3. The van der Waals surface area contributed by atoms with E-state index in [0.29, 0.717) is 5.56 Å². The van der Waals surface area contributed by atoms with E-state index in [2.05, 4.69) is 0 Å². The summed E-state index contributed by atoms with van der Waals surface area (Å²) >= 11 is 0. The summed E-state index contributed by atoms with van der Waals surface area (Å²) in [7, 11) is 0. The lowest BCUT2D eigenvalue weighted by Gasteiger charge is -2.02. The SMILES string of the molecule is CC(=O)c1ccc(C)c(F)c1C#N. The van der Waals surface area contributed by atoms with Gasteiger partial charge in [-0.2, -0.15) is 5.26 Å². The third kappa shape index (κ3) is 1.57. The highest BCUT2D eigenvalue weighted by atomic mass is 19.1. The van der Waals surface area contributed by atoms with Crippen LogP contribution in [-0.2, 0) is 0 Å². The van der Waals surface area contributed by atoms with Gasteiger partial charge in [-0.05, 0) is 25.5 Å². The van der Waals surface area contributed by atoms with E-state index in [1.807, 2.05) is 0 Å². The Bertz CT molecular complexity index is 404. The van der Waals surface area contributed by atoms with Crippen molar-refractivity contribution in [3.05, 3.63) is 34.6 Å². The zero-order valence-corrected chi connectivity index (χ0v) is 7.39. The van der Waals surface area contributed by atoms with Gasteiger partial charge in [-0.3, -0.25) is 4.79 Å². The van der Waals surface area contributed by atoms with E-state index in [-0.39, 0.29) is 16.9 Å². The predicted molar refractivity (Wildman–Crippen MR) is 45.9 cm³/mol. The molecule has 0 aliphatic rings. The van der Waals surface area contributed by atoms with Gasteiger partial charge in [0.05, 0.1) is 5.56 Å². The molecule has 0 saturated heterocycles. The maximum atomic E-state index is 13.2. The van der Waals surface area contributed by atoms with Crippen molar-refractivity contribution < 1.29 is 9.18 Å². The number of Topliss-reactive ketones (excluding diaryl/α,β-unsaturated/α-hetero) is 1. The van der Waals surface area contributed by atoms with Crippen molar-refractivity contribution in [2.24, 2.45) is 0 Å². The smallest absolute Gasteiger partial charge is 0.161 e. The van der Waals surface area contributed by atoms with Crippen LogP contribution in [0.5, 0.6) is 0 Å². The fraction of sp³-hybridized carbons (Fsp3) is 0.200. The summed E-state index contributed by atoms with van der Waals surface area (Å²) in [6, 6.07) is 4.65. The van der Waals surface area contributed by atoms with E-state index in [4.69, 9.17) is 5.26 Å². The molecule has 0 aromatic heterocycles. The summed E-state index contributed by atoms with van der Waals surface area (Å²) in [6.07, 6.45) is 0. The number of nitriles is 1. The first-order chi connectivity index (χ1) is 6.07. The van der Waals surface area contributed by atoms with Crippen molar-refractivity contribution in [3.8, 4) is 6.07 Å². The molecule has 0 saturated carbocycles. The summed E-state index contributed by atoms with van der Waals surface area (Å²) in [5, 5.41) is 8.63. The van der Waals surface area contributed by atoms with Crippen molar-refractivity contribution in [2.45, 2.75) is 13.8 Å². The number of halogens is 1. The molecule has 0 aliphatic heterocycles. The zero-order chi connectivity index (χ0) is 10.0. The highest BCUT2D eigenvalue weighted by molar-refractivity contribution is 5.96. The highest BCUT2D eigenvalue weighted by Crippen LogP contribution is 2.16. The summed E-state index contributed by atoms with van der Waals surface area (Å²) < 4.78 is 13.2. The van der Waals surface area contributed by atoms with Gasteiger partial charge in [0.15, 0.2) is 5.78 Å². The Morgan fingerprint density at radius 1 is 1.54 bits per heavy atom. The first-order valence-electron chi connectivity index (χ1n) is 3.78. The molecule has 1 aromatic carbocycles. The minimum Gasteiger partial charge on any atom is -0.294 e. The lowest BCUT2D eigenvalue weighted by molar-refractivity contribution is 0.101. The van der Waals surface area contributed by atoms with Crippen LogP contribution in [0.2, 0.25) is 0 Å². The van der Waals surface area contributed by atoms with Crippen LogP contribution in [0, 0.1) is 24.1 Å². The van der Waals surface area contributed by atoms with Crippen LogP contribution in [0.1, 0.15) is 28.4 Å². The maximum Gasteiger partial charge on any atom is 0.161 e. The molecule has 3 heteroatoms. The van der Waals surface area contributed by atoms with E-state index < -0.39 is 5.82 Å². The van der Waals surface area contributed by atoms with Crippen molar-refractivity contribution in [1.82, 2.24) is 0 Å². The molecule has 66 valence electrons. The molecule has 1 rings (SSSR count). The van der Waals surface area contributed by atoms with Crippen molar-refractivity contribution in [1.29, 1.82) is 5.26 Å². The van der Waals surface area contributed by atoms with E-state index >= 15 is 0 Å². The molecule has 0 amide bonds. The number of carbonyl (C=O) groups is 1. The molecular weight excluding hydrogens is 169 g/mol. The van der Waals surface area contributed by atoms with Gasteiger partial charge in [-0.15, -0.1) is 0 Å². The van der Waals surface area contributed by atoms with Crippen LogP contribution >= 0.6 is 0 Å². The average Bonchev–Trinajstić information content (AvgIpc) is 2.09. The molecule has 0 spiro atoms. The average molecular weight is 177 g/mol. The van der Waals surface area contributed by atoms with Gasteiger partial charge in [0.1, 0.15) is 11.9 Å². The Balaban J connectivity index is 3.50. The number of hydrogen-bond acceptors (Lipinski definition) is 2. The Morgan fingerprint density at radius 3 is 2.62 bits per heavy atom. The van der Waals surface area contributed by atoms with Gasteiger partial charge in [0.25, 0.3) is 0 Å². The number of nitrogens with zero attached hydrogens (tertiary/aromatic N) is 1. The second kappa shape index (κ2) is 3.36. The van der Waals surface area contributed by atoms with Gasteiger partial charge < -0.3 is 0 Å². The Morgan fingerprint density at radius 2 is 2.15 bits per heavy atom. The molecule has 0 fully saturated rings. The Kier molecular flexibility index (Phi) is 2.43. The summed E-state index contributed by atoms with van der Waals surface area (Å²) in [5.41, 5.74) is 0.361. The van der Waals surface area contributed by atoms with Crippen LogP contribution < -0.4 is 0 Å². The number of aryl methyl sites for hydroxylation is 1. The fourth-order valence-electron chi connectivity index (χ4n) is 1.08. The third-order valence-electron chi connectivity index (χ3n) is 1.83. The number of benzene rings is 1. The Labute approximate surface area is 75.6 Å². The summed E-state index contributed by atoms with van der Waals surface area (Å²) in [4.78, 5) is 11.0. The number of carbonyl (C=O) groups excluding carboxylic acids is 1. The van der Waals surface area contributed by atoms with Gasteiger partial charge in [-0.1, -0.05) is 6.07 Å². The normalized spacial score (nSPS) is 9.38. The van der Waals surface area contributed by atoms with Gasteiger partial charge in [-0.25, -0.2) is 4.39 Å². The zero-order valence-electron chi connectivity index (χ0n) is 7.39. The fourth-order valence-corrected chi connectivity index (χ4v) is 1.08. The monoisotopic (exact) mass is 177 g/mol. The topological polar surface area (TPSA) is 40.9 Å². The third-order valence-corrected chi connectivity index (χ3v) is 1.83. The van der Waals surface area contributed by atoms with Gasteiger partial charge in [0, 0.05) is 5.56 Å². The maximum absolute atomic E-state index is 13.2. The molecule has 0 aliphatic carbocycles. The summed E-state index contributed by atoms with van der Waals surface area (Å²) in [5.74, 6) is -0.898. The van der Waals surface area contributed by atoms with Crippen molar-refractivity contribution in [3.63, 3.8) is 0 Å². The number of rotatable bonds is 1. The van der Waals surface area contributed by atoms with E-state index in [1.165, 1.54) is 19.1 Å². The molecule has 0 radical (unpaired) electrons. The highest BCUT2D eigenvalue weighted by Gasteiger charge is 2.13. The molecule has 2 nitrogen and oxygen atoms in total. The quantitative estimate of drug-likeness (QED) is 0.617. The van der Waals surface area contributed by atoms with Crippen molar-refractivity contribution >= 4 is 5.78 Å². The molecule has 0 heterocycles. The second-order valence-corrected chi connectivity index (χ2v) is 2.79. The van der Waals surface area contributed by atoms with Crippen LogP contribution in [0.4, 0.5) is 4.39 Å². The summed E-state index contributed by atoms with van der Waals surface area (Å²) in [6.45, 7) is 2.87. The molecule has 0 bridgehead atoms. The van der Waals surface area contributed by atoms with Crippen LogP contribution in [0.15, 0.2) is 12.1 Å². The first-order valence-corrected chi connectivity index (χ1v) is 3.78. The molecule has 0 unspecified atom stereocenters. The first kappa shape index (κ1) is 9.40. The number of ketones is 1. The molecule has 13 heavy (non-hydrogen) atoms. The molecule has 0 atom stereocenters. The van der Waals surface area contributed by atoms with E-state index in [9.17, 15) is 9.18 Å². The van der Waals surface area contributed by atoms with E-state index in [1.54, 1.807) is 13.0 Å².